The van der Waals surface area contributed by atoms with Crippen LogP contribution in [0.2, 0.25) is 0 Å². The number of hydrogen-bond acceptors (Lipinski definition) is 4. The summed E-state index contributed by atoms with van der Waals surface area (Å²) in [4.78, 5) is 19.2. The van der Waals surface area contributed by atoms with E-state index in [1.165, 1.54) is 30.6 Å². The molecule has 1 aromatic rings. The second-order valence-corrected chi connectivity index (χ2v) is 5.82. The molecule has 2 heterocycles. The molecule has 1 unspecified atom stereocenters. The summed E-state index contributed by atoms with van der Waals surface area (Å²) in [6.07, 6.45) is 7.63. The molecule has 17 heavy (non-hydrogen) atoms. The molecule has 2 rings (SSSR count). The maximum Gasteiger partial charge on any atom is 0.131 e. The molecule has 1 atom stereocenters. The quantitative estimate of drug-likeness (QED) is 0.826. The Balaban J connectivity index is 2.00. The molecule has 94 valence electrons. The van der Waals surface area contributed by atoms with Crippen molar-refractivity contribution in [2.24, 2.45) is 0 Å². The first-order chi connectivity index (χ1) is 8.25. The first-order valence-electron chi connectivity index (χ1n) is 6.36. The third-order valence-electron chi connectivity index (χ3n) is 3.36. The number of aromatic nitrogens is 1. The van der Waals surface area contributed by atoms with Crippen LogP contribution in [-0.2, 0) is 11.3 Å². The van der Waals surface area contributed by atoms with E-state index in [-0.39, 0.29) is 0 Å². The number of Topliss-reactive ketones (excluding diaryl/α,β-unsaturated/α-hetero) is 1. The number of ketones is 1. The lowest BCUT2D eigenvalue weighted by Crippen LogP contribution is -2.35. The fourth-order valence-corrected chi connectivity index (χ4v) is 3.15. The number of carbonyl (C=O) groups excluding carboxylic acids is 1. The maximum absolute atomic E-state index is 11.3. The Morgan fingerprint density at radius 3 is 3.12 bits per heavy atom. The van der Waals surface area contributed by atoms with Gasteiger partial charge in [0.25, 0.3) is 0 Å². The van der Waals surface area contributed by atoms with Gasteiger partial charge in [-0.15, -0.1) is 11.3 Å². The van der Waals surface area contributed by atoms with Gasteiger partial charge in [-0.05, 0) is 26.3 Å². The summed E-state index contributed by atoms with van der Waals surface area (Å²) in [5.41, 5.74) is 1.88. The monoisotopic (exact) mass is 252 g/mol. The molecule has 0 aromatic carbocycles. The molecule has 3 nitrogen and oxygen atoms in total. The van der Waals surface area contributed by atoms with Crippen LogP contribution in [0.3, 0.4) is 0 Å². The molecule has 4 heteroatoms. The zero-order valence-corrected chi connectivity index (χ0v) is 11.2. The van der Waals surface area contributed by atoms with Crippen LogP contribution in [0.15, 0.2) is 11.7 Å². The molecular weight excluding hydrogens is 232 g/mol. The molecule has 1 aromatic heterocycles. The van der Waals surface area contributed by atoms with Gasteiger partial charge in [0.15, 0.2) is 0 Å². The van der Waals surface area contributed by atoms with Crippen molar-refractivity contribution in [1.82, 2.24) is 9.88 Å². The summed E-state index contributed by atoms with van der Waals surface area (Å²) in [7, 11) is 0. The molecule has 1 fully saturated rings. The zero-order chi connectivity index (χ0) is 12.1. The van der Waals surface area contributed by atoms with E-state index >= 15 is 0 Å². The van der Waals surface area contributed by atoms with Crippen LogP contribution >= 0.6 is 11.3 Å². The number of hydrogen-bond donors (Lipinski definition) is 0. The van der Waals surface area contributed by atoms with Gasteiger partial charge in [-0.25, -0.2) is 0 Å². The van der Waals surface area contributed by atoms with Crippen LogP contribution in [0.25, 0.3) is 0 Å². The lowest BCUT2D eigenvalue weighted by molar-refractivity contribution is -0.118. The number of carbonyl (C=O) groups is 1. The molecule has 0 amide bonds. The molecule has 0 radical (unpaired) electrons. The van der Waals surface area contributed by atoms with Crippen LogP contribution in [0.1, 0.15) is 43.9 Å². The average Bonchev–Trinajstić information content (AvgIpc) is 2.69. The van der Waals surface area contributed by atoms with Gasteiger partial charge in [0.2, 0.25) is 0 Å². The second kappa shape index (κ2) is 6.26. The number of nitrogens with zero attached hydrogens (tertiary/aromatic N) is 2. The minimum atomic E-state index is 0.311. The fraction of sp³-hybridized carbons (Fsp3) is 0.692. The van der Waals surface area contributed by atoms with Crippen LogP contribution in [-0.4, -0.2) is 28.3 Å². The Labute approximate surface area is 107 Å². The average molecular weight is 252 g/mol. The largest absolute Gasteiger partial charge is 0.300 e. The van der Waals surface area contributed by atoms with Gasteiger partial charge in [0.05, 0.1) is 5.51 Å². The topological polar surface area (TPSA) is 33.2 Å². The molecular formula is C13H20N2OS. The van der Waals surface area contributed by atoms with Gasteiger partial charge in [-0.3, -0.25) is 14.7 Å². The van der Waals surface area contributed by atoms with Crippen molar-refractivity contribution in [2.75, 3.05) is 6.54 Å². The highest BCUT2D eigenvalue weighted by atomic mass is 32.1. The number of thiazole rings is 1. The van der Waals surface area contributed by atoms with Gasteiger partial charge in [0.1, 0.15) is 5.78 Å². The van der Waals surface area contributed by atoms with Gasteiger partial charge >= 0.3 is 0 Å². The molecule has 1 saturated heterocycles. The molecule has 0 aliphatic carbocycles. The highest BCUT2D eigenvalue weighted by Gasteiger charge is 2.22. The van der Waals surface area contributed by atoms with Crippen molar-refractivity contribution in [3.63, 3.8) is 0 Å². The number of rotatable bonds is 4. The summed E-state index contributed by atoms with van der Waals surface area (Å²) >= 11 is 1.71. The highest BCUT2D eigenvalue weighted by Crippen LogP contribution is 2.22. The van der Waals surface area contributed by atoms with E-state index in [1.807, 2.05) is 11.7 Å². The normalized spacial score (nSPS) is 22.3. The van der Waals surface area contributed by atoms with E-state index in [0.29, 0.717) is 18.2 Å². The van der Waals surface area contributed by atoms with Crippen molar-refractivity contribution in [2.45, 2.75) is 51.6 Å². The Morgan fingerprint density at radius 1 is 1.53 bits per heavy atom. The van der Waals surface area contributed by atoms with Gasteiger partial charge in [0, 0.05) is 30.1 Å². The molecule has 0 N–H and O–H groups in total. The molecule has 0 saturated carbocycles. The highest BCUT2D eigenvalue weighted by molar-refractivity contribution is 7.09. The molecule has 0 spiro atoms. The maximum atomic E-state index is 11.3. The SMILES string of the molecule is CC(=O)CC1CCCCCN1Cc1cncs1. The minimum absolute atomic E-state index is 0.311. The van der Waals surface area contributed by atoms with Crippen LogP contribution < -0.4 is 0 Å². The van der Waals surface area contributed by atoms with E-state index in [2.05, 4.69) is 9.88 Å². The summed E-state index contributed by atoms with van der Waals surface area (Å²) in [6.45, 7) is 3.79. The van der Waals surface area contributed by atoms with E-state index < -0.39 is 0 Å². The summed E-state index contributed by atoms with van der Waals surface area (Å²) in [5.74, 6) is 0.311. The van der Waals surface area contributed by atoms with Gasteiger partial charge < -0.3 is 0 Å². The third-order valence-corrected chi connectivity index (χ3v) is 4.13. The lowest BCUT2D eigenvalue weighted by Gasteiger charge is -2.28. The van der Waals surface area contributed by atoms with Gasteiger partial charge in [-0.2, -0.15) is 0 Å². The standard InChI is InChI=1S/C13H20N2OS/c1-11(16)7-12-5-3-2-4-6-15(12)9-13-8-14-10-17-13/h8,10,12H,2-7,9H2,1H3. The Hall–Kier alpha value is -0.740. The van der Waals surface area contributed by atoms with Crippen molar-refractivity contribution in [3.05, 3.63) is 16.6 Å². The smallest absolute Gasteiger partial charge is 0.131 e. The van der Waals surface area contributed by atoms with Crippen molar-refractivity contribution < 1.29 is 4.79 Å². The fourth-order valence-electron chi connectivity index (χ4n) is 2.53. The lowest BCUT2D eigenvalue weighted by atomic mass is 10.0. The Morgan fingerprint density at radius 2 is 2.41 bits per heavy atom. The first-order valence-corrected chi connectivity index (χ1v) is 7.24. The second-order valence-electron chi connectivity index (χ2n) is 4.85. The minimum Gasteiger partial charge on any atom is -0.300 e. The van der Waals surface area contributed by atoms with Crippen LogP contribution in [0.5, 0.6) is 0 Å². The summed E-state index contributed by atoms with van der Waals surface area (Å²) in [6, 6.07) is 0.442. The van der Waals surface area contributed by atoms with Crippen molar-refractivity contribution >= 4 is 17.1 Å². The number of likely N-dealkylation sites (tertiary alicyclic amines) is 1. The first kappa shape index (κ1) is 12.7. The zero-order valence-electron chi connectivity index (χ0n) is 10.4. The van der Waals surface area contributed by atoms with Crippen molar-refractivity contribution in [3.8, 4) is 0 Å². The summed E-state index contributed by atoms with van der Waals surface area (Å²) < 4.78 is 0. The molecule has 0 bridgehead atoms. The van der Waals surface area contributed by atoms with Crippen LogP contribution in [0, 0.1) is 0 Å². The van der Waals surface area contributed by atoms with Crippen LogP contribution in [0.4, 0.5) is 0 Å². The molecule has 1 aliphatic rings. The van der Waals surface area contributed by atoms with E-state index in [0.717, 1.165) is 13.1 Å². The predicted molar refractivity (Wildman–Crippen MR) is 70.1 cm³/mol. The summed E-state index contributed by atoms with van der Waals surface area (Å²) in [5, 5.41) is 0. The van der Waals surface area contributed by atoms with Gasteiger partial charge in [-0.1, -0.05) is 12.8 Å². The predicted octanol–water partition coefficient (Wildman–Crippen LogP) is 2.87. The molecule has 1 aliphatic heterocycles. The Bertz CT molecular complexity index is 350. The van der Waals surface area contributed by atoms with E-state index in [9.17, 15) is 4.79 Å². The van der Waals surface area contributed by atoms with E-state index in [1.54, 1.807) is 18.3 Å². The van der Waals surface area contributed by atoms with Crippen molar-refractivity contribution in [1.29, 1.82) is 0 Å². The van der Waals surface area contributed by atoms with E-state index in [4.69, 9.17) is 0 Å². The Kier molecular flexibility index (Phi) is 4.68. The third kappa shape index (κ3) is 3.89.